The Labute approximate surface area is 161 Å². The number of para-hydroxylation sites is 2. The second kappa shape index (κ2) is 8.74. The molecule has 1 amide bonds. The van der Waals surface area contributed by atoms with Crippen LogP contribution in [0.15, 0.2) is 29.1 Å². The standard InChI is InChI=1S/C21H32N4O2/c1-16-12-17(2)14-24(13-16)11-7-6-10-22-20(26)15-25-19-9-5-4-8-18(19)23(3)21(25)27/h4-5,8-9,16-17H,6-7,10-15H2,1-3H3,(H,22,26). The molecule has 2 unspecified atom stereocenters. The molecule has 3 rings (SSSR count). The van der Waals surface area contributed by atoms with Crippen molar-refractivity contribution in [3.8, 4) is 0 Å². The predicted octanol–water partition coefficient (Wildman–Crippen LogP) is 2.21. The number of amides is 1. The number of aryl methyl sites for hydroxylation is 1. The van der Waals surface area contributed by atoms with Gasteiger partial charge in [0.05, 0.1) is 11.0 Å². The molecule has 2 aromatic rings. The van der Waals surface area contributed by atoms with E-state index >= 15 is 0 Å². The maximum absolute atomic E-state index is 12.4. The molecule has 6 nitrogen and oxygen atoms in total. The van der Waals surface area contributed by atoms with Crippen molar-refractivity contribution in [1.29, 1.82) is 0 Å². The van der Waals surface area contributed by atoms with E-state index in [9.17, 15) is 9.59 Å². The van der Waals surface area contributed by atoms with Crippen LogP contribution in [0.5, 0.6) is 0 Å². The average Bonchev–Trinajstić information content (AvgIpc) is 2.86. The van der Waals surface area contributed by atoms with Gasteiger partial charge in [-0.25, -0.2) is 4.79 Å². The van der Waals surface area contributed by atoms with Gasteiger partial charge in [-0.15, -0.1) is 0 Å². The largest absolute Gasteiger partial charge is 0.355 e. The summed E-state index contributed by atoms with van der Waals surface area (Å²) >= 11 is 0. The number of imidazole rings is 1. The molecule has 6 heteroatoms. The Kier molecular flexibility index (Phi) is 6.37. The van der Waals surface area contributed by atoms with Crippen LogP contribution in [0, 0.1) is 11.8 Å². The first-order chi connectivity index (χ1) is 13.0. The third-order valence-corrected chi connectivity index (χ3v) is 5.52. The minimum atomic E-state index is -0.153. The third kappa shape index (κ3) is 4.80. The monoisotopic (exact) mass is 372 g/mol. The smallest absolute Gasteiger partial charge is 0.329 e. The molecule has 2 heterocycles. The first-order valence-electron chi connectivity index (χ1n) is 10.1. The van der Waals surface area contributed by atoms with Crippen molar-refractivity contribution in [2.45, 2.75) is 39.7 Å². The van der Waals surface area contributed by atoms with Gasteiger partial charge in [0.1, 0.15) is 6.54 Å². The number of nitrogens with one attached hydrogen (secondary N) is 1. The number of carbonyl (C=O) groups excluding carboxylic acids is 1. The molecule has 0 radical (unpaired) electrons. The molecular weight excluding hydrogens is 340 g/mol. The SMILES string of the molecule is CC1CC(C)CN(CCCCNC(=O)Cn2c(=O)n(C)c3ccccc32)C1. The second-order valence-corrected chi connectivity index (χ2v) is 8.18. The summed E-state index contributed by atoms with van der Waals surface area (Å²) in [5.41, 5.74) is 1.49. The van der Waals surface area contributed by atoms with Crippen molar-refractivity contribution in [3.63, 3.8) is 0 Å². The van der Waals surface area contributed by atoms with Crippen molar-refractivity contribution in [2.75, 3.05) is 26.2 Å². The molecule has 27 heavy (non-hydrogen) atoms. The Morgan fingerprint density at radius 3 is 2.48 bits per heavy atom. The average molecular weight is 373 g/mol. The van der Waals surface area contributed by atoms with Crippen LogP contribution in [0.2, 0.25) is 0 Å². The number of benzene rings is 1. The molecule has 1 aliphatic rings. The highest BCUT2D eigenvalue weighted by atomic mass is 16.2. The molecule has 0 bridgehead atoms. The van der Waals surface area contributed by atoms with Gasteiger partial charge in [-0.05, 0) is 49.8 Å². The van der Waals surface area contributed by atoms with E-state index < -0.39 is 0 Å². The molecule has 1 aromatic heterocycles. The van der Waals surface area contributed by atoms with Gasteiger partial charge < -0.3 is 10.2 Å². The summed E-state index contributed by atoms with van der Waals surface area (Å²) in [4.78, 5) is 27.2. The lowest BCUT2D eigenvalue weighted by Gasteiger charge is -2.34. The van der Waals surface area contributed by atoms with Crippen molar-refractivity contribution >= 4 is 16.9 Å². The fraction of sp³-hybridized carbons (Fsp3) is 0.619. The lowest BCUT2D eigenvalue weighted by atomic mass is 9.92. The lowest BCUT2D eigenvalue weighted by Crippen LogP contribution is -2.39. The van der Waals surface area contributed by atoms with Crippen molar-refractivity contribution < 1.29 is 4.79 Å². The zero-order valence-electron chi connectivity index (χ0n) is 16.8. The third-order valence-electron chi connectivity index (χ3n) is 5.52. The van der Waals surface area contributed by atoms with Crippen molar-refractivity contribution in [2.24, 2.45) is 18.9 Å². The van der Waals surface area contributed by atoms with Gasteiger partial charge in [0.15, 0.2) is 0 Å². The Bertz CT molecular complexity index is 828. The second-order valence-electron chi connectivity index (χ2n) is 8.18. The fourth-order valence-corrected chi connectivity index (χ4v) is 4.38. The molecule has 1 aromatic carbocycles. The van der Waals surface area contributed by atoms with Gasteiger partial charge in [0.25, 0.3) is 0 Å². The Morgan fingerprint density at radius 1 is 1.11 bits per heavy atom. The molecule has 1 N–H and O–H groups in total. The van der Waals surface area contributed by atoms with E-state index in [1.807, 2.05) is 24.3 Å². The van der Waals surface area contributed by atoms with E-state index in [-0.39, 0.29) is 18.1 Å². The van der Waals surface area contributed by atoms with Crippen LogP contribution in [0.25, 0.3) is 11.0 Å². The normalized spacial score (nSPS) is 20.9. The first-order valence-corrected chi connectivity index (χ1v) is 10.1. The number of hydrogen-bond acceptors (Lipinski definition) is 3. The lowest BCUT2D eigenvalue weighted by molar-refractivity contribution is -0.121. The summed E-state index contributed by atoms with van der Waals surface area (Å²) in [7, 11) is 1.74. The molecule has 148 valence electrons. The van der Waals surface area contributed by atoms with E-state index in [4.69, 9.17) is 0 Å². The first kappa shape index (κ1) is 19.7. The number of piperidine rings is 1. The summed E-state index contributed by atoms with van der Waals surface area (Å²) in [6.07, 6.45) is 3.39. The molecule has 1 fully saturated rings. The minimum absolute atomic E-state index is 0.0708. The van der Waals surface area contributed by atoms with Crippen LogP contribution in [0.3, 0.4) is 0 Å². The number of carbonyl (C=O) groups is 1. The van der Waals surface area contributed by atoms with E-state index in [0.29, 0.717) is 6.54 Å². The molecule has 1 aliphatic heterocycles. The van der Waals surface area contributed by atoms with Crippen LogP contribution in [0.4, 0.5) is 0 Å². The van der Waals surface area contributed by atoms with E-state index in [1.165, 1.54) is 19.5 Å². The molecule has 0 aliphatic carbocycles. The molecule has 2 atom stereocenters. The van der Waals surface area contributed by atoms with E-state index in [0.717, 1.165) is 42.3 Å². The van der Waals surface area contributed by atoms with Crippen LogP contribution < -0.4 is 11.0 Å². The maximum atomic E-state index is 12.4. The number of nitrogens with zero attached hydrogens (tertiary/aromatic N) is 3. The van der Waals surface area contributed by atoms with Gasteiger partial charge in [-0.1, -0.05) is 26.0 Å². The maximum Gasteiger partial charge on any atom is 0.329 e. The number of rotatable bonds is 7. The Balaban J connectivity index is 1.43. The van der Waals surface area contributed by atoms with Crippen molar-refractivity contribution in [3.05, 3.63) is 34.7 Å². The summed E-state index contributed by atoms with van der Waals surface area (Å²) in [6, 6.07) is 7.56. The topological polar surface area (TPSA) is 59.3 Å². The highest BCUT2D eigenvalue weighted by molar-refractivity contribution is 5.80. The van der Waals surface area contributed by atoms with Gasteiger partial charge in [0, 0.05) is 26.7 Å². The van der Waals surface area contributed by atoms with Crippen LogP contribution in [-0.2, 0) is 18.4 Å². The molecule has 1 saturated heterocycles. The Morgan fingerprint density at radius 2 is 1.78 bits per heavy atom. The van der Waals surface area contributed by atoms with E-state index in [1.54, 1.807) is 16.2 Å². The van der Waals surface area contributed by atoms with Crippen LogP contribution in [0.1, 0.15) is 33.1 Å². The number of likely N-dealkylation sites (tertiary alicyclic amines) is 1. The highest BCUT2D eigenvalue weighted by Crippen LogP contribution is 2.20. The van der Waals surface area contributed by atoms with Crippen LogP contribution >= 0.6 is 0 Å². The fourth-order valence-electron chi connectivity index (χ4n) is 4.38. The molecular formula is C21H32N4O2. The quantitative estimate of drug-likeness (QED) is 0.758. The van der Waals surface area contributed by atoms with Gasteiger partial charge in [0.2, 0.25) is 5.91 Å². The van der Waals surface area contributed by atoms with Gasteiger partial charge in [-0.2, -0.15) is 0 Å². The summed E-state index contributed by atoms with van der Waals surface area (Å²) in [5.74, 6) is 1.47. The van der Waals surface area contributed by atoms with Crippen LogP contribution in [-0.4, -0.2) is 46.1 Å². The summed E-state index contributed by atoms with van der Waals surface area (Å²) in [5, 5.41) is 2.96. The minimum Gasteiger partial charge on any atom is -0.355 e. The Hall–Kier alpha value is -2.08. The molecule has 0 saturated carbocycles. The zero-order valence-corrected chi connectivity index (χ0v) is 16.8. The van der Waals surface area contributed by atoms with Gasteiger partial charge >= 0.3 is 5.69 Å². The molecule has 0 spiro atoms. The number of fused-ring (bicyclic) bond motifs is 1. The van der Waals surface area contributed by atoms with Crippen molar-refractivity contribution in [1.82, 2.24) is 19.4 Å². The van der Waals surface area contributed by atoms with E-state index in [2.05, 4.69) is 24.1 Å². The predicted molar refractivity (Wildman–Crippen MR) is 109 cm³/mol. The zero-order chi connectivity index (χ0) is 19.4. The summed E-state index contributed by atoms with van der Waals surface area (Å²) in [6.45, 7) is 8.89. The number of unbranched alkanes of at least 4 members (excludes halogenated alkanes) is 1. The number of aromatic nitrogens is 2. The highest BCUT2D eigenvalue weighted by Gasteiger charge is 2.21. The summed E-state index contributed by atoms with van der Waals surface area (Å²) < 4.78 is 3.13. The van der Waals surface area contributed by atoms with Gasteiger partial charge in [-0.3, -0.25) is 13.9 Å². The number of hydrogen-bond donors (Lipinski definition) is 1.